The molecule has 348 valence electrons. The Balaban J connectivity index is 0.925. The molecule has 0 radical (unpaired) electrons. The average Bonchev–Trinajstić information content (AvgIpc) is 3.82. The van der Waals surface area contributed by atoms with Crippen LogP contribution >= 0.6 is 0 Å². The molecule has 11 aromatic carbocycles. The van der Waals surface area contributed by atoms with E-state index < -0.39 is 0 Å². The molecule has 2 aliphatic carbocycles. The summed E-state index contributed by atoms with van der Waals surface area (Å²) >= 11 is 0. The van der Waals surface area contributed by atoms with Crippen LogP contribution in [0.1, 0.15) is 49.9 Å². The van der Waals surface area contributed by atoms with Crippen LogP contribution in [0.3, 0.4) is 0 Å². The summed E-state index contributed by atoms with van der Waals surface area (Å²) in [7, 11) is 0. The van der Waals surface area contributed by atoms with Gasteiger partial charge in [-0.25, -0.2) is 0 Å². The molecular formula is C72H55N. The van der Waals surface area contributed by atoms with Gasteiger partial charge in [0.1, 0.15) is 0 Å². The second kappa shape index (κ2) is 17.5. The fourth-order valence-electron chi connectivity index (χ4n) is 12.0. The zero-order valence-electron chi connectivity index (χ0n) is 41.8. The van der Waals surface area contributed by atoms with E-state index >= 15 is 0 Å². The number of para-hydroxylation sites is 1. The molecule has 0 saturated heterocycles. The van der Waals surface area contributed by atoms with E-state index in [1.54, 1.807) is 0 Å². The molecule has 0 atom stereocenters. The zero-order valence-corrected chi connectivity index (χ0v) is 41.8. The predicted molar refractivity (Wildman–Crippen MR) is 309 cm³/mol. The van der Waals surface area contributed by atoms with Gasteiger partial charge in [0.2, 0.25) is 0 Å². The number of hydrogen-bond acceptors (Lipinski definition) is 1. The van der Waals surface area contributed by atoms with Crippen molar-refractivity contribution in [3.05, 3.63) is 283 Å². The van der Waals surface area contributed by atoms with E-state index in [0.717, 1.165) is 17.1 Å². The van der Waals surface area contributed by atoms with Crippen LogP contribution in [0.4, 0.5) is 17.1 Å². The third kappa shape index (κ3) is 7.54. The SMILES string of the molecule is CC1(C)c2cc(-c3ccc(-c4ccccc4)cc3)ccc2-c2ccc(N(c3ccc4c(c3)C(C)(C)c3cc(-c5ccccc5-c5ccccc5)ccc3-4)c3ccccc3-c3cccc(-c4ccccc4)c3)cc21. The van der Waals surface area contributed by atoms with Gasteiger partial charge in [0.05, 0.1) is 5.69 Å². The summed E-state index contributed by atoms with van der Waals surface area (Å²) in [6, 6.07) is 96.5. The van der Waals surface area contributed by atoms with Gasteiger partial charge in [0.25, 0.3) is 0 Å². The highest BCUT2D eigenvalue weighted by Crippen LogP contribution is 2.55. The minimum atomic E-state index is -0.255. The van der Waals surface area contributed by atoms with Crippen LogP contribution in [-0.2, 0) is 10.8 Å². The van der Waals surface area contributed by atoms with Crippen LogP contribution in [0, 0.1) is 0 Å². The molecule has 0 bridgehead atoms. The number of benzene rings is 11. The molecule has 13 rings (SSSR count). The molecule has 0 fully saturated rings. The van der Waals surface area contributed by atoms with Gasteiger partial charge in [-0.2, -0.15) is 0 Å². The van der Waals surface area contributed by atoms with E-state index in [-0.39, 0.29) is 10.8 Å². The Kier molecular flexibility index (Phi) is 10.6. The molecule has 0 N–H and O–H groups in total. The summed E-state index contributed by atoms with van der Waals surface area (Å²) in [6.45, 7) is 9.61. The minimum absolute atomic E-state index is 0.242. The van der Waals surface area contributed by atoms with Crippen LogP contribution in [0.15, 0.2) is 261 Å². The quantitative estimate of drug-likeness (QED) is 0.139. The average molecular weight is 934 g/mol. The van der Waals surface area contributed by atoms with Crippen molar-refractivity contribution in [2.45, 2.75) is 38.5 Å². The van der Waals surface area contributed by atoms with Crippen LogP contribution in [0.25, 0.3) is 89.0 Å². The lowest BCUT2D eigenvalue weighted by molar-refractivity contribution is 0.660. The normalized spacial score (nSPS) is 13.4. The van der Waals surface area contributed by atoms with Crippen molar-refractivity contribution in [2.24, 2.45) is 0 Å². The number of fused-ring (bicyclic) bond motifs is 6. The minimum Gasteiger partial charge on any atom is -0.310 e. The van der Waals surface area contributed by atoms with Crippen molar-refractivity contribution in [1.82, 2.24) is 0 Å². The Labute approximate surface area is 430 Å². The molecular weight excluding hydrogens is 879 g/mol. The standard InChI is InChI=1S/C72H55N/c1-71(2)66-44-54(51-33-31-50(32-34-51)48-19-8-5-9-20-48)35-39-62(66)64-41-37-57(46-68(64)71)73(70-30-17-16-29-61(70)55-26-18-25-53(43-55)49-21-10-6-11-22-49)58-38-42-65-63-40-36-56(45-67(63)72(3,4)69(65)47-58)60-28-15-14-27-59(60)52-23-12-7-13-24-52/h5-47H,1-4H3. The molecule has 11 aromatic rings. The maximum Gasteiger partial charge on any atom is 0.0540 e. The number of rotatable bonds is 9. The molecule has 0 spiro atoms. The van der Waals surface area contributed by atoms with Crippen molar-refractivity contribution in [3.63, 3.8) is 0 Å². The third-order valence-corrected chi connectivity index (χ3v) is 15.9. The Morgan fingerprint density at radius 1 is 0.219 bits per heavy atom. The van der Waals surface area contributed by atoms with Crippen molar-refractivity contribution in [2.75, 3.05) is 4.90 Å². The second-order valence-electron chi connectivity index (χ2n) is 20.9. The van der Waals surface area contributed by atoms with Crippen molar-refractivity contribution in [3.8, 4) is 89.0 Å². The molecule has 0 unspecified atom stereocenters. The fourth-order valence-corrected chi connectivity index (χ4v) is 12.0. The summed E-state index contributed by atoms with van der Waals surface area (Å²) in [5.41, 5.74) is 28.2. The maximum atomic E-state index is 2.52. The van der Waals surface area contributed by atoms with Crippen LogP contribution in [-0.4, -0.2) is 0 Å². The van der Waals surface area contributed by atoms with E-state index in [0.29, 0.717) is 0 Å². The topological polar surface area (TPSA) is 3.24 Å². The van der Waals surface area contributed by atoms with Gasteiger partial charge in [-0.05, 0) is 154 Å². The Morgan fingerprint density at radius 3 is 1.11 bits per heavy atom. The molecule has 0 aliphatic heterocycles. The van der Waals surface area contributed by atoms with Crippen molar-refractivity contribution >= 4 is 17.1 Å². The monoisotopic (exact) mass is 933 g/mol. The maximum absolute atomic E-state index is 2.52. The molecule has 2 aliphatic rings. The van der Waals surface area contributed by atoms with Gasteiger partial charge in [-0.3, -0.25) is 0 Å². The van der Waals surface area contributed by atoms with E-state index in [1.165, 1.54) is 111 Å². The Morgan fingerprint density at radius 2 is 0.548 bits per heavy atom. The van der Waals surface area contributed by atoms with Gasteiger partial charge >= 0.3 is 0 Å². The van der Waals surface area contributed by atoms with E-state index in [4.69, 9.17) is 0 Å². The molecule has 0 aromatic heterocycles. The molecule has 0 saturated carbocycles. The van der Waals surface area contributed by atoms with Gasteiger partial charge in [0, 0.05) is 27.8 Å². The molecule has 1 nitrogen and oxygen atoms in total. The summed E-state index contributed by atoms with van der Waals surface area (Å²) in [6.07, 6.45) is 0. The zero-order chi connectivity index (χ0) is 49.3. The van der Waals surface area contributed by atoms with E-state index in [2.05, 4.69) is 293 Å². The summed E-state index contributed by atoms with van der Waals surface area (Å²) in [5.74, 6) is 0. The molecule has 1 heteroatoms. The van der Waals surface area contributed by atoms with Crippen molar-refractivity contribution in [1.29, 1.82) is 0 Å². The van der Waals surface area contributed by atoms with Crippen LogP contribution in [0.2, 0.25) is 0 Å². The first kappa shape index (κ1) is 44.2. The number of anilines is 3. The van der Waals surface area contributed by atoms with Crippen molar-refractivity contribution < 1.29 is 0 Å². The predicted octanol–water partition coefficient (Wildman–Crippen LogP) is 19.8. The molecule has 0 amide bonds. The van der Waals surface area contributed by atoms with Crippen LogP contribution < -0.4 is 4.90 Å². The summed E-state index contributed by atoms with van der Waals surface area (Å²) < 4.78 is 0. The van der Waals surface area contributed by atoms with Gasteiger partial charge < -0.3 is 4.90 Å². The van der Waals surface area contributed by atoms with Gasteiger partial charge in [-0.15, -0.1) is 0 Å². The first-order valence-corrected chi connectivity index (χ1v) is 25.7. The van der Waals surface area contributed by atoms with Gasteiger partial charge in [-0.1, -0.05) is 240 Å². The first-order chi connectivity index (χ1) is 35.7. The highest BCUT2D eigenvalue weighted by atomic mass is 15.1. The highest BCUT2D eigenvalue weighted by molar-refractivity contribution is 5.94. The van der Waals surface area contributed by atoms with Gasteiger partial charge in [0.15, 0.2) is 0 Å². The molecule has 0 heterocycles. The lowest BCUT2D eigenvalue weighted by Crippen LogP contribution is -2.18. The fraction of sp³-hybridized carbons (Fsp3) is 0.0833. The van der Waals surface area contributed by atoms with Crippen LogP contribution in [0.5, 0.6) is 0 Å². The Hall–Kier alpha value is -8.78. The van der Waals surface area contributed by atoms with E-state index in [1.807, 2.05) is 0 Å². The highest BCUT2D eigenvalue weighted by Gasteiger charge is 2.39. The summed E-state index contributed by atoms with van der Waals surface area (Å²) in [4.78, 5) is 2.52. The number of nitrogens with zero attached hydrogens (tertiary/aromatic N) is 1. The smallest absolute Gasteiger partial charge is 0.0540 e. The number of hydrogen-bond donors (Lipinski definition) is 0. The molecule has 73 heavy (non-hydrogen) atoms. The summed E-state index contributed by atoms with van der Waals surface area (Å²) in [5, 5.41) is 0. The third-order valence-electron chi connectivity index (χ3n) is 15.9. The second-order valence-corrected chi connectivity index (χ2v) is 20.9. The Bertz CT molecular complexity index is 3880. The largest absolute Gasteiger partial charge is 0.310 e. The first-order valence-electron chi connectivity index (χ1n) is 25.7. The van der Waals surface area contributed by atoms with E-state index in [9.17, 15) is 0 Å². The lowest BCUT2D eigenvalue weighted by atomic mass is 9.81. The lowest BCUT2D eigenvalue weighted by Gasteiger charge is -2.31.